The van der Waals surface area contributed by atoms with Gasteiger partial charge in [0.25, 0.3) is 0 Å². The van der Waals surface area contributed by atoms with E-state index in [2.05, 4.69) is 4.90 Å². The van der Waals surface area contributed by atoms with Crippen molar-refractivity contribution in [2.45, 2.75) is 63.1 Å². The molecule has 0 amide bonds. The zero-order valence-electron chi connectivity index (χ0n) is 9.44. The summed E-state index contributed by atoms with van der Waals surface area (Å²) < 4.78 is 0. The summed E-state index contributed by atoms with van der Waals surface area (Å²) in [7, 11) is 0. The molecule has 88 valence electrons. The van der Waals surface area contributed by atoms with Crippen LogP contribution >= 0.6 is 0 Å². The summed E-state index contributed by atoms with van der Waals surface area (Å²) >= 11 is 0. The predicted octanol–water partition coefficient (Wildman–Crippen LogP) is 1.14. The SMILES string of the molecule is OCCN(C1CCC1)C1CCCCC1O. The van der Waals surface area contributed by atoms with Crippen molar-refractivity contribution < 1.29 is 10.2 Å². The van der Waals surface area contributed by atoms with E-state index in [0.29, 0.717) is 12.1 Å². The van der Waals surface area contributed by atoms with Crippen LogP contribution in [0.15, 0.2) is 0 Å². The number of nitrogens with zero attached hydrogens (tertiary/aromatic N) is 1. The molecule has 0 aromatic rings. The van der Waals surface area contributed by atoms with Gasteiger partial charge in [-0.1, -0.05) is 19.3 Å². The molecule has 0 heterocycles. The van der Waals surface area contributed by atoms with Gasteiger partial charge in [0.15, 0.2) is 0 Å². The van der Waals surface area contributed by atoms with Gasteiger partial charge in [-0.15, -0.1) is 0 Å². The largest absolute Gasteiger partial charge is 0.395 e. The van der Waals surface area contributed by atoms with Crippen molar-refractivity contribution in [3.63, 3.8) is 0 Å². The number of aliphatic hydroxyl groups is 2. The van der Waals surface area contributed by atoms with Crippen LogP contribution in [0.25, 0.3) is 0 Å². The monoisotopic (exact) mass is 213 g/mol. The Labute approximate surface area is 92.1 Å². The molecule has 2 aliphatic carbocycles. The second-order valence-electron chi connectivity index (χ2n) is 4.97. The van der Waals surface area contributed by atoms with E-state index in [1.54, 1.807) is 0 Å². The number of aliphatic hydroxyl groups excluding tert-OH is 2. The first-order valence-electron chi connectivity index (χ1n) is 6.37. The lowest BCUT2D eigenvalue weighted by molar-refractivity contribution is -0.0269. The maximum absolute atomic E-state index is 10.0. The van der Waals surface area contributed by atoms with Crippen LogP contribution in [0.5, 0.6) is 0 Å². The Hall–Kier alpha value is -0.120. The van der Waals surface area contributed by atoms with Crippen molar-refractivity contribution >= 4 is 0 Å². The lowest BCUT2D eigenvalue weighted by Crippen LogP contribution is -2.53. The fraction of sp³-hybridized carbons (Fsp3) is 1.00. The van der Waals surface area contributed by atoms with E-state index in [4.69, 9.17) is 5.11 Å². The van der Waals surface area contributed by atoms with Crippen LogP contribution in [0.2, 0.25) is 0 Å². The zero-order valence-corrected chi connectivity index (χ0v) is 9.44. The molecule has 2 unspecified atom stereocenters. The fourth-order valence-electron chi connectivity index (χ4n) is 2.93. The maximum atomic E-state index is 10.0. The molecule has 0 aromatic heterocycles. The van der Waals surface area contributed by atoms with Gasteiger partial charge < -0.3 is 10.2 Å². The lowest BCUT2D eigenvalue weighted by atomic mass is 9.85. The second kappa shape index (κ2) is 5.28. The van der Waals surface area contributed by atoms with Crippen LogP contribution in [0.3, 0.4) is 0 Å². The van der Waals surface area contributed by atoms with Gasteiger partial charge >= 0.3 is 0 Å². The molecule has 2 saturated carbocycles. The third kappa shape index (κ3) is 2.52. The van der Waals surface area contributed by atoms with E-state index in [1.165, 1.54) is 25.7 Å². The summed E-state index contributed by atoms with van der Waals surface area (Å²) in [5.41, 5.74) is 0. The van der Waals surface area contributed by atoms with Crippen LogP contribution in [-0.2, 0) is 0 Å². The average Bonchev–Trinajstić information content (AvgIpc) is 2.15. The van der Waals surface area contributed by atoms with Gasteiger partial charge in [-0.3, -0.25) is 4.90 Å². The molecule has 2 aliphatic rings. The van der Waals surface area contributed by atoms with Crippen LogP contribution in [0.1, 0.15) is 44.9 Å². The van der Waals surface area contributed by atoms with Gasteiger partial charge in [0.2, 0.25) is 0 Å². The van der Waals surface area contributed by atoms with Crippen molar-refractivity contribution in [2.24, 2.45) is 0 Å². The first kappa shape index (κ1) is 11.4. The molecular formula is C12H23NO2. The Morgan fingerprint density at radius 1 is 1.00 bits per heavy atom. The summed E-state index contributed by atoms with van der Waals surface area (Å²) in [6.45, 7) is 0.964. The third-order valence-corrected chi connectivity index (χ3v) is 4.02. The van der Waals surface area contributed by atoms with E-state index in [1.807, 2.05) is 0 Å². The highest BCUT2D eigenvalue weighted by atomic mass is 16.3. The molecule has 0 saturated heterocycles. The van der Waals surface area contributed by atoms with E-state index in [-0.39, 0.29) is 12.7 Å². The second-order valence-corrected chi connectivity index (χ2v) is 4.97. The van der Waals surface area contributed by atoms with E-state index in [0.717, 1.165) is 25.8 Å². The summed E-state index contributed by atoms with van der Waals surface area (Å²) in [4.78, 5) is 2.37. The molecule has 15 heavy (non-hydrogen) atoms. The van der Waals surface area contributed by atoms with Crippen LogP contribution < -0.4 is 0 Å². The Balaban J connectivity index is 1.94. The van der Waals surface area contributed by atoms with Crippen molar-refractivity contribution in [2.75, 3.05) is 13.2 Å². The quantitative estimate of drug-likeness (QED) is 0.736. The van der Waals surface area contributed by atoms with Crippen LogP contribution in [0.4, 0.5) is 0 Å². The van der Waals surface area contributed by atoms with E-state index >= 15 is 0 Å². The van der Waals surface area contributed by atoms with Crippen LogP contribution in [0, 0.1) is 0 Å². The highest BCUT2D eigenvalue weighted by Crippen LogP contribution is 2.31. The van der Waals surface area contributed by atoms with Crippen molar-refractivity contribution in [3.05, 3.63) is 0 Å². The first-order valence-corrected chi connectivity index (χ1v) is 6.37. The Kier molecular flexibility index (Phi) is 4.00. The highest BCUT2D eigenvalue weighted by molar-refractivity contribution is 4.90. The summed E-state index contributed by atoms with van der Waals surface area (Å²) in [5.74, 6) is 0. The minimum absolute atomic E-state index is 0.161. The summed E-state index contributed by atoms with van der Waals surface area (Å²) in [6, 6.07) is 0.950. The van der Waals surface area contributed by atoms with Crippen molar-refractivity contribution in [1.29, 1.82) is 0 Å². The maximum Gasteiger partial charge on any atom is 0.0695 e. The van der Waals surface area contributed by atoms with Crippen LogP contribution in [-0.4, -0.2) is 46.5 Å². The van der Waals surface area contributed by atoms with Crippen molar-refractivity contribution in [3.8, 4) is 0 Å². The smallest absolute Gasteiger partial charge is 0.0695 e. The molecule has 2 fully saturated rings. The van der Waals surface area contributed by atoms with Gasteiger partial charge in [0.1, 0.15) is 0 Å². The molecule has 3 heteroatoms. The average molecular weight is 213 g/mol. The summed E-state index contributed by atoms with van der Waals surface area (Å²) in [5, 5.41) is 19.1. The van der Waals surface area contributed by atoms with E-state index in [9.17, 15) is 5.11 Å². The molecule has 3 nitrogen and oxygen atoms in total. The lowest BCUT2D eigenvalue weighted by Gasteiger charge is -2.45. The standard InChI is InChI=1S/C12H23NO2/c14-9-8-13(10-4-3-5-10)11-6-1-2-7-12(11)15/h10-12,14-15H,1-9H2. The molecule has 0 radical (unpaired) electrons. The minimum atomic E-state index is -0.161. The van der Waals surface area contributed by atoms with E-state index < -0.39 is 0 Å². The molecule has 0 aliphatic heterocycles. The first-order chi connectivity index (χ1) is 7.33. The topological polar surface area (TPSA) is 43.7 Å². The van der Waals surface area contributed by atoms with Gasteiger partial charge in [0.05, 0.1) is 12.7 Å². The van der Waals surface area contributed by atoms with Gasteiger partial charge in [-0.25, -0.2) is 0 Å². The Morgan fingerprint density at radius 3 is 2.27 bits per heavy atom. The molecule has 2 rings (SSSR count). The molecular weight excluding hydrogens is 190 g/mol. The number of hydrogen-bond acceptors (Lipinski definition) is 3. The minimum Gasteiger partial charge on any atom is -0.395 e. The Bertz CT molecular complexity index is 194. The fourth-order valence-corrected chi connectivity index (χ4v) is 2.93. The number of rotatable bonds is 4. The molecule has 0 aromatic carbocycles. The molecule has 2 N–H and O–H groups in total. The van der Waals surface area contributed by atoms with Crippen molar-refractivity contribution in [1.82, 2.24) is 4.90 Å². The summed E-state index contributed by atoms with van der Waals surface area (Å²) in [6.07, 6.45) is 8.11. The van der Waals surface area contributed by atoms with Gasteiger partial charge in [-0.05, 0) is 25.7 Å². The number of hydrogen-bond donors (Lipinski definition) is 2. The third-order valence-electron chi connectivity index (χ3n) is 4.02. The molecule has 2 atom stereocenters. The molecule has 0 spiro atoms. The molecule has 0 bridgehead atoms. The highest BCUT2D eigenvalue weighted by Gasteiger charge is 2.34. The zero-order chi connectivity index (χ0) is 10.7. The predicted molar refractivity (Wildman–Crippen MR) is 59.7 cm³/mol. The Morgan fingerprint density at radius 2 is 1.73 bits per heavy atom. The van der Waals surface area contributed by atoms with Gasteiger partial charge in [0, 0.05) is 18.6 Å². The van der Waals surface area contributed by atoms with Gasteiger partial charge in [-0.2, -0.15) is 0 Å². The normalized spacial score (nSPS) is 33.0.